The van der Waals surface area contributed by atoms with Crippen molar-refractivity contribution in [2.24, 2.45) is 13.0 Å². The lowest BCUT2D eigenvalue weighted by molar-refractivity contribution is -0.137. The minimum atomic E-state index is -4.26. The van der Waals surface area contributed by atoms with E-state index in [1.807, 2.05) is 24.0 Å². The Labute approximate surface area is 155 Å². The molecular formula is C19H22F3N3S. The Kier molecular flexibility index (Phi) is 4.55. The standard InChI is InChI=1S/C19H22F3N3S/c1-24-9-7-23-17(24)26-10-2-8-25-12-16-11-18(16,13-25)14-3-5-15(6-4-14)19(20,21)22/h3-7,9,16H,2,8,10-13H2,1H3/t16-,18+/m0/s1. The van der Waals surface area contributed by atoms with E-state index in [2.05, 4.69) is 9.88 Å². The van der Waals surface area contributed by atoms with E-state index >= 15 is 0 Å². The van der Waals surface area contributed by atoms with Crippen molar-refractivity contribution in [3.05, 3.63) is 47.8 Å². The average molecular weight is 381 g/mol. The SMILES string of the molecule is Cn1ccnc1SCCCN1C[C@@H]2C[C@]2(c2ccc(C(F)(F)F)cc2)C1. The second-order valence-electron chi connectivity index (χ2n) is 7.39. The van der Waals surface area contributed by atoms with Crippen LogP contribution in [0.5, 0.6) is 0 Å². The molecule has 0 amide bonds. The summed E-state index contributed by atoms with van der Waals surface area (Å²) in [5.74, 6) is 1.63. The van der Waals surface area contributed by atoms with Crippen molar-refractivity contribution in [3.63, 3.8) is 0 Å². The number of hydrogen-bond donors (Lipinski definition) is 0. The maximum Gasteiger partial charge on any atom is 0.416 e. The van der Waals surface area contributed by atoms with Gasteiger partial charge in [-0.2, -0.15) is 13.2 Å². The molecule has 0 radical (unpaired) electrons. The maximum absolute atomic E-state index is 12.7. The summed E-state index contributed by atoms with van der Waals surface area (Å²) in [7, 11) is 2.00. The molecule has 1 saturated heterocycles. The predicted molar refractivity (Wildman–Crippen MR) is 96.2 cm³/mol. The molecule has 0 spiro atoms. The molecule has 0 unspecified atom stereocenters. The number of halogens is 3. The number of benzene rings is 1. The lowest BCUT2D eigenvalue weighted by atomic mass is 9.94. The Bertz CT molecular complexity index is 771. The van der Waals surface area contributed by atoms with E-state index in [1.54, 1.807) is 23.9 Å². The molecule has 2 heterocycles. The van der Waals surface area contributed by atoms with Crippen molar-refractivity contribution >= 4 is 11.8 Å². The number of alkyl halides is 3. The first-order valence-corrected chi connectivity index (χ1v) is 9.87. The lowest BCUT2D eigenvalue weighted by Gasteiger charge is -2.21. The molecule has 0 bridgehead atoms. The van der Waals surface area contributed by atoms with E-state index in [9.17, 15) is 13.2 Å². The highest BCUT2D eigenvalue weighted by atomic mass is 32.2. The van der Waals surface area contributed by atoms with Crippen LogP contribution in [0, 0.1) is 5.92 Å². The van der Waals surface area contributed by atoms with Gasteiger partial charge in [0.25, 0.3) is 0 Å². The molecule has 7 heteroatoms. The third kappa shape index (κ3) is 3.39. The van der Waals surface area contributed by atoms with Crippen LogP contribution in [-0.2, 0) is 18.6 Å². The number of aromatic nitrogens is 2. The summed E-state index contributed by atoms with van der Waals surface area (Å²) in [4.78, 5) is 6.77. The molecule has 2 atom stereocenters. The number of thioether (sulfide) groups is 1. The summed E-state index contributed by atoms with van der Waals surface area (Å²) in [6, 6.07) is 5.82. The largest absolute Gasteiger partial charge is 0.416 e. The fraction of sp³-hybridized carbons (Fsp3) is 0.526. The zero-order valence-corrected chi connectivity index (χ0v) is 15.5. The number of fused-ring (bicyclic) bond motifs is 1. The lowest BCUT2D eigenvalue weighted by Crippen LogP contribution is -2.28. The van der Waals surface area contributed by atoms with Crippen LogP contribution >= 0.6 is 11.8 Å². The number of aryl methyl sites for hydroxylation is 1. The molecule has 1 aliphatic heterocycles. The molecule has 1 aliphatic carbocycles. The summed E-state index contributed by atoms with van der Waals surface area (Å²) >= 11 is 1.77. The van der Waals surface area contributed by atoms with Gasteiger partial charge >= 0.3 is 6.18 Å². The van der Waals surface area contributed by atoms with Gasteiger partial charge in [0.15, 0.2) is 5.16 Å². The number of likely N-dealkylation sites (tertiary alicyclic amines) is 1. The average Bonchev–Trinajstić information content (AvgIpc) is 2.95. The molecule has 4 rings (SSSR count). The Balaban J connectivity index is 1.29. The summed E-state index contributed by atoms with van der Waals surface area (Å²) in [6.45, 7) is 3.07. The Morgan fingerprint density at radius 2 is 2.04 bits per heavy atom. The highest BCUT2D eigenvalue weighted by Crippen LogP contribution is 2.59. The summed E-state index contributed by atoms with van der Waals surface area (Å²) in [6.07, 6.45) is 1.70. The second kappa shape index (κ2) is 6.60. The molecule has 1 aromatic heterocycles. The maximum atomic E-state index is 12.7. The zero-order chi connectivity index (χ0) is 18.4. The van der Waals surface area contributed by atoms with Crippen molar-refractivity contribution in [2.75, 3.05) is 25.4 Å². The van der Waals surface area contributed by atoms with Gasteiger partial charge in [0, 0.05) is 43.7 Å². The van der Waals surface area contributed by atoms with Gasteiger partial charge in [0.2, 0.25) is 0 Å². The minimum Gasteiger partial charge on any atom is -0.329 e. The van der Waals surface area contributed by atoms with Gasteiger partial charge in [0.1, 0.15) is 0 Å². The smallest absolute Gasteiger partial charge is 0.329 e. The van der Waals surface area contributed by atoms with Gasteiger partial charge in [0.05, 0.1) is 5.56 Å². The van der Waals surface area contributed by atoms with Crippen molar-refractivity contribution in [1.29, 1.82) is 0 Å². The topological polar surface area (TPSA) is 21.1 Å². The van der Waals surface area contributed by atoms with Gasteiger partial charge in [-0.25, -0.2) is 4.98 Å². The van der Waals surface area contributed by atoms with Gasteiger partial charge in [-0.3, -0.25) is 0 Å². The number of nitrogens with zero attached hydrogens (tertiary/aromatic N) is 3. The predicted octanol–water partition coefficient (Wildman–Crippen LogP) is 4.19. The van der Waals surface area contributed by atoms with Gasteiger partial charge < -0.3 is 9.47 Å². The number of imidazole rings is 1. The molecule has 3 nitrogen and oxygen atoms in total. The monoisotopic (exact) mass is 381 g/mol. The normalized spacial score (nSPS) is 25.5. The molecular weight excluding hydrogens is 359 g/mol. The first-order chi connectivity index (χ1) is 12.4. The molecule has 2 fully saturated rings. The van der Waals surface area contributed by atoms with Crippen LogP contribution in [0.25, 0.3) is 0 Å². The van der Waals surface area contributed by atoms with E-state index in [0.717, 1.165) is 48.9 Å². The Morgan fingerprint density at radius 1 is 1.27 bits per heavy atom. The fourth-order valence-electron chi connectivity index (χ4n) is 4.14. The van der Waals surface area contributed by atoms with Crippen LogP contribution in [0.15, 0.2) is 41.8 Å². The number of hydrogen-bond acceptors (Lipinski definition) is 3. The van der Waals surface area contributed by atoms with Crippen molar-refractivity contribution in [2.45, 2.75) is 29.6 Å². The number of piperidine rings is 1. The van der Waals surface area contributed by atoms with Crippen LogP contribution in [0.2, 0.25) is 0 Å². The summed E-state index contributed by atoms with van der Waals surface area (Å²) in [5, 5.41) is 1.04. The van der Waals surface area contributed by atoms with Crippen LogP contribution in [0.3, 0.4) is 0 Å². The van der Waals surface area contributed by atoms with Crippen molar-refractivity contribution in [3.8, 4) is 0 Å². The quantitative estimate of drug-likeness (QED) is 0.553. The summed E-state index contributed by atoms with van der Waals surface area (Å²) in [5.41, 5.74) is 0.605. The second-order valence-corrected chi connectivity index (χ2v) is 8.45. The summed E-state index contributed by atoms with van der Waals surface area (Å²) < 4.78 is 40.3. The molecule has 1 saturated carbocycles. The van der Waals surface area contributed by atoms with Crippen molar-refractivity contribution < 1.29 is 13.2 Å². The first kappa shape index (κ1) is 17.9. The molecule has 1 aromatic carbocycles. The Morgan fingerprint density at radius 3 is 2.69 bits per heavy atom. The third-order valence-electron chi connectivity index (χ3n) is 5.63. The van der Waals surface area contributed by atoms with Crippen LogP contribution in [-0.4, -0.2) is 39.8 Å². The Hall–Kier alpha value is -1.47. The van der Waals surface area contributed by atoms with Crippen LogP contribution in [0.4, 0.5) is 13.2 Å². The third-order valence-corrected chi connectivity index (χ3v) is 6.77. The minimum absolute atomic E-state index is 0.0942. The van der Waals surface area contributed by atoms with Gasteiger partial charge in [-0.15, -0.1) is 0 Å². The zero-order valence-electron chi connectivity index (χ0n) is 14.7. The van der Waals surface area contributed by atoms with E-state index in [1.165, 1.54) is 12.1 Å². The molecule has 140 valence electrons. The molecule has 2 aliphatic rings. The molecule has 0 N–H and O–H groups in total. The van der Waals surface area contributed by atoms with Gasteiger partial charge in [-0.1, -0.05) is 23.9 Å². The molecule has 26 heavy (non-hydrogen) atoms. The number of rotatable bonds is 6. The van der Waals surface area contributed by atoms with Crippen molar-refractivity contribution in [1.82, 2.24) is 14.5 Å². The highest BCUT2D eigenvalue weighted by Gasteiger charge is 2.60. The van der Waals surface area contributed by atoms with E-state index < -0.39 is 11.7 Å². The fourth-order valence-corrected chi connectivity index (χ4v) is 4.99. The van der Waals surface area contributed by atoms with Gasteiger partial charge in [-0.05, 0) is 43.0 Å². The highest BCUT2D eigenvalue weighted by molar-refractivity contribution is 7.99. The molecule has 2 aromatic rings. The first-order valence-electron chi connectivity index (χ1n) is 8.89. The van der Waals surface area contributed by atoms with E-state index in [0.29, 0.717) is 5.92 Å². The van der Waals surface area contributed by atoms with Crippen LogP contribution in [0.1, 0.15) is 24.0 Å². The van der Waals surface area contributed by atoms with Crippen LogP contribution < -0.4 is 0 Å². The van der Waals surface area contributed by atoms with E-state index in [4.69, 9.17) is 0 Å². The van der Waals surface area contributed by atoms with E-state index in [-0.39, 0.29) is 5.41 Å².